The molecule has 2 rings (SSSR count). The molecule has 2 aliphatic rings. The first-order valence-corrected chi connectivity index (χ1v) is 7.61. The van der Waals surface area contributed by atoms with E-state index in [0.29, 0.717) is 12.0 Å². The van der Waals surface area contributed by atoms with E-state index in [4.69, 9.17) is 5.73 Å². The van der Waals surface area contributed by atoms with E-state index in [1.165, 1.54) is 58.0 Å². The van der Waals surface area contributed by atoms with E-state index >= 15 is 0 Å². The number of piperidine rings is 1. The van der Waals surface area contributed by atoms with Crippen LogP contribution in [-0.2, 0) is 0 Å². The molecule has 2 fully saturated rings. The molecule has 0 aromatic heterocycles. The molecule has 1 aliphatic carbocycles. The first kappa shape index (κ1) is 13.4. The first-order chi connectivity index (χ1) is 8.17. The second-order valence-electron chi connectivity index (χ2n) is 6.55. The lowest BCUT2D eigenvalue weighted by molar-refractivity contribution is 0.0370. The zero-order valence-corrected chi connectivity index (χ0v) is 11.8. The molecule has 0 bridgehead atoms. The monoisotopic (exact) mass is 238 g/mol. The molecule has 2 atom stereocenters. The smallest absolute Gasteiger partial charge is 0.0105 e. The number of hydrogen-bond acceptors (Lipinski definition) is 2. The van der Waals surface area contributed by atoms with Gasteiger partial charge in [0.2, 0.25) is 0 Å². The Morgan fingerprint density at radius 2 is 1.59 bits per heavy atom. The second kappa shape index (κ2) is 5.71. The lowest BCUT2D eigenvalue weighted by atomic mass is 9.68. The van der Waals surface area contributed by atoms with Crippen LogP contribution in [0.25, 0.3) is 0 Å². The van der Waals surface area contributed by atoms with Crippen LogP contribution in [0.15, 0.2) is 0 Å². The Morgan fingerprint density at radius 3 is 2.12 bits per heavy atom. The molecule has 2 heteroatoms. The van der Waals surface area contributed by atoms with Crippen molar-refractivity contribution in [2.24, 2.45) is 17.1 Å². The fourth-order valence-corrected chi connectivity index (χ4v) is 3.76. The highest BCUT2D eigenvalue weighted by atomic mass is 15.2. The van der Waals surface area contributed by atoms with Gasteiger partial charge in [-0.3, -0.25) is 0 Å². The lowest BCUT2D eigenvalue weighted by Crippen LogP contribution is -2.48. The summed E-state index contributed by atoms with van der Waals surface area (Å²) in [4.78, 5) is 2.68. The van der Waals surface area contributed by atoms with Gasteiger partial charge in [0, 0.05) is 6.04 Å². The molecule has 2 nitrogen and oxygen atoms in total. The average Bonchev–Trinajstić information content (AvgIpc) is 2.39. The third-order valence-corrected chi connectivity index (χ3v) is 5.54. The molecule has 2 N–H and O–H groups in total. The zero-order chi connectivity index (χ0) is 12.3. The normalized spacial score (nSPS) is 29.1. The highest BCUT2D eigenvalue weighted by Crippen LogP contribution is 2.44. The maximum absolute atomic E-state index is 5.79. The van der Waals surface area contributed by atoms with Crippen molar-refractivity contribution < 1.29 is 0 Å². The standard InChI is InChI=1S/C15H30N2/c1-13(12-16)14(2)17-10-8-15(9-11-17)6-4-3-5-7-15/h13-14H,3-12,16H2,1-2H3. The number of hydrogen-bond donors (Lipinski definition) is 1. The zero-order valence-electron chi connectivity index (χ0n) is 11.8. The molecular weight excluding hydrogens is 208 g/mol. The Bertz CT molecular complexity index is 223. The Labute approximate surface area is 107 Å². The van der Waals surface area contributed by atoms with E-state index in [9.17, 15) is 0 Å². The van der Waals surface area contributed by atoms with Crippen LogP contribution < -0.4 is 5.73 Å². The summed E-state index contributed by atoms with van der Waals surface area (Å²) in [6.45, 7) is 8.09. The molecule has 1 aliphatic heterocycles. The van der Waals surface area contributed by atoms with Crippen LogP contribution in [0.2, 0.25) is 0 Å². The number of nitrogens with zero attached hydrogens (tertiary/aromatic N) is 1. The largest absolute Gasteiger partial charge is 0.330 e. The predicted molar refractivity (Wildman–Crippen MR) is 74.0 cm³/mol. The molecule has 1 saturated carbocycles. The van der Waals surface area contributed by atoms with Crippen molar-refractivity contribution >= 4 is 0 Å². The van der Waals surface area contributed by atoms with Gasteiger partial charge in [0.1, 0.15) is 0 Å². The third kappa shape index (κ3) is 3.03. The number of likely N-dealkylation sites (tertiary alicyclic amines) is 1. The van der Waals surface area contributed by atoms with E-state index in [1.807, 2.05) is 0 Å². The van der Waals surface area contributed by atoms with Crippen LogP contribution in [-0.4, -0.2) is 30.6 Å². The summed E-state index contributed by atoms with van der Waals surface area (Å²) in [6, 6.07) is 0.668. The summed E-state index contributed by atoms with van der Waals surface area (Å²) in [5.41, 5.74) is 6.53. The van der Waals surface area contributed by atoms with Crippen molar-refractivity contribution in [1.82, 2.24) is 4.90 Å². The van der Waals surface area contributed by atoms with E-state index < -0.39 is 0 Å². The van der Waals surface area contributed by atoms with Gasteiger partial charge < -0.3 is 10.6 Å². The summed E-state index contributed by atoms with van der Waals surface area (Å²) in [5, 5.41) is 0. The minimum Gasteiger partial charge on any atom is -0.330 e. The van der Waals surface area contributed by atoms with E-state index in [1.54, 1.807) is 0 Å². The Balaban J connectivity index is 1.84. The summed E-state index contributed by atoms with van der Waals surface area (Å²) in [7, 11) is 0. The molecular formula is C15H30N2. The molecule has 100 valence electrons. The van der Waals surface area contributed by atoms with E-state index in [0.717, 1.165) is 12.0 Å². The topological polar surface area (TPSA) is 29.3 Å². The van der Waals surface area contributed by atoms with Crippen molar-refractivity contribution in [2.75, 3.05) is 19.6 Å². The van der Waals surface area contributed by atoms with Gasteiger partial charge in [-0.1, -0.05) is 26.2 Å². The van der Waals surface area contributed by atoms with Crippen LogP contribution in [0.4, 0.5) is 0 Å². The van der Waals surface area contributed by atoms with Gasteiger partial charge in [-0.15, -0.1) is 0 Å². The predicted octanol–water partition coefficient (Wildman–Crippen LogP) is 3.02. The second-order valence-corrected chi connectivity index (χ2v) is 6.55. The molecule has 1 saturated heterocycles. The Kier molecular flexibility index (Phi) is 4.48. The number of rotatable bonds is 3. The fraction of sp³-hybridized carbons (Fsp3) is 1.00. The molecule has 1 heterocycles. The molecule has 0 aromatic rings. The van der Waals surface area contributed by atoms with E-state index in [2.05, 4.69) is 18.7 Å². The van der Waals surface area contributed by atoms with Gasteiger partial charge in [-0.2, -0.15) is 0 Å². The average molecular weight is 238 g/mol. The highest BCUT2D eigenvalue weighted by Gasteiger charge is 2.36. The fourth-order valence-electron chi connectivity index (χ4n) is 3.76. The van der Waals surface area contributed by atoms with Crippen molar-refractivity contribution in [3.63, 3.8) is 0 Å². The van der Waals surface area contributed by atoms with Crippen LogP contribution in [0.1, 0.15) is 58.8 Å². The molecule has 0 aromatic carbocycles. The van der Waals surface area contributed by atoms with Crippen molar-refractivity contribution in [3.05, 3.63) is 0 Å². The summed E-state index contributed by atoms with van der Waals surface area (Å²) in [5.74, 6) is 0.635. The van der Waals surface area contributed by atoms with Crippen molar-refractivity contribution in [2.45, 2.75) is 64.8 Å². The highest BCUT2D eigenvalue weighted by molar-refractivity contribution is 4.90. The van der Waals surface area contributed by atoms with Crippen LogP contribution in [0, 0.1) is 11.3 Å². The summed E-state index contributed by atoms with van der Waals surface area (Å²) >= 11 is 0. The first-order valence-electron chi connectivity index (χ1n) is 7.61. The summed E-state index contributed by atoms with van der Waals surface area (Å²) < 4.78 is 0. The minimum atomic E-state index is 0.635. The maximum atomic E-state index is 5.79. The minimum absolute atomic E-state index is 0.635. The van der Waals surface area contributed by atoms with Crippen molar-refractivity contribution in [3.8, 4) is 0 Å². The Hall–Kier alpha value is -0.0800. The van der Waals surface area contributed by atoms with Crippen LogP contribution >= 0.6 is 0 Å². The van der Waals surface area contributed by atoms with Gasteiger partial charge in [-0.25, -0.2) is 0 Å². The van der Waals surface area contributed by atoms with Gasteiger partial charge >= 0.3 is 0 Å². The van der Waals surface area contributed by atoms with E-state index in [-0.39, 0.29) is 0 Å². The van der Waals surface area contributed by atoms with Crippen molar-refractivity contribution in [1.29, 1.82) is 0 Å². The van der Waals surface area contributed by atoms with Gasteiger partial charge in [0.05, 0.1) is 0 Å². The lowest BCUT2D eigenvalue weighted by Gasteiger charge is -2.46. The van der Waals surface area contributed by atoms with Gasteiger partial charge in [0.15, 0.2) is 0 Å². The SMILES string of the molecule is CC(CN)C(C)N1CCC2(CCCCC2)CC1. The molecule has 1 spiro atoms. The maximum Gasteiger partial charge on any atom is 0.0105 e. The molecule has 0 radical (unpaired) electrons. The molecule has 0 amide bonds. The summed E-state index contributed by atoms with van der Waals surface area (Å²) in [6.07, 6.45) is 10.3. The Morgan fingerprint density at radius 1 is 1.00 bits per heavy atom. The molecule has 2 unspecified atom stereocenters. The quantitative estimate of drug-likeness (QED) is 0.819. The van der Waals surface area contributed by atoms with Gasteiger partial charge in [0.25, 0.3) is 0 Å². The van der Waals surface area contributed by atoms with Crippen LogP contribution in [0.3, 0.4) is 0 Å². The third-order valence-electron chi connectivity index (χ3n) is 5.54. The van der Waals surface area contributed by atoms with Gasteiger partial charge in [-0.05, 0) is 63.6 Å². The van der Waals surface area contributed by atoms with Crippen LogP contribution in [0.5, 0.6) is 0 Å². The molecule has 17 heavy (non-hydrogen) atoms. The number of nitrogens with two attached hydrogens (primary N) is 1.